The largest absolute Gasteiger partial charge is 0.497 e. The fourth-order valence-corrected chi connectivity index (χ4v) is 2.20. The summed E-state index contributed by atoms with van der Waals surface area (Å²) in [4.78, 5) is 0. The van der Waals surface area contributed by atoms with Crippen LogP contribution in [0.3, 0.4) is 0 Å². The van der Waals surface area contributed by atoms with Crippen LogP contribution in [-0.2, 0) is 6.54 Å². The van der Waals surface area contributed by atoms with Crippen molar-refractivity contribution in [1.82, 2.24) is 10.2 Å². The Hall–Kier alpha value is -2.59. The third-order valence-corrected chi connectivity index (χ3v) is 3.46. The van der Waals surface area contributed by atoms with Crippen LogP contribution in [0.1, 0.15) is 5.56 Å². The first-order valence-corrected chi connectivity index (χ1v) is 6.79. The number of rotatable bonds is 4. The summed E-state index contributed by atoms with van der Waals surface area (Å²) in [7, 11) is 1.66. The molecule has 2 aromatic carbocycles. The standard InChI is InChI=1S/C17H17N3O/c1-21-15-8-6-14(7-9-15)17-10-16(19-20-17)13-4-2-12(11-18)3-5-13/h2-10H,11,18H2,1H3,(H,19,20). The highest BCUT2D eigenvalue weighted by Crippen LogP contribution is 2.25. The zero-order valence-corrected chi connectivity index (χ0v) is 11.8. The van der Waals surface area contributed by atoms with Crippen molar-refractivity contribution in [3.63, 3.8) is 0 Å². The number of hydrogen-bond acceptors (Lipinski definition) is 3. The van der Waals surface area contributed by atoms with Gasteiger partial charge in [-0.05, 0) is 41.5 Å². The lowest BCUT2D eigenvalue weighted by Gasteiger charge is -2.00. The lowest BCUT2D eigenvalue weighted by molar-refractivity contribution is 0.415. The van der Waals surface area contributed by atoms with E-state index in [1.54, 1.807) is 7.11 Å². The molecule has 0 bridgehead atoms. The number of aromatic amines is 1. The Morgan fingerprint density at radius 2 is 1.67 bits per heavy atom. The SMILES string of the molecule is COc1ccc(-c2cc(-c3ccc(CN)cc3)[nH]n2)cc1. The smallest absolute Gasteiger partial charge is 0.118 e. The molecule has 0 aliphatic rings. The Kier molecular flexibility index (Phi) is 3.71. The second-order valence-corrected chi connectivity index (χ2v) is 4.80. The molecule has 0 saturated carbocycles. The number of aromatic nitrogens is 2. The maximum atomic E-state index is 5.61. The van der Waals surface area contributed by atoms with E-state index in [0.29, 0.717) is 6.54 Å². The van der Waals surface area contributed by atoms with Crippen LogP contribution in [0.2, 0.25) is 0 Å². The molecule has 0 amide bonds. The Bertz CT molecular complexity index is 653. The van der Waals surface area contributed by atoms with Crippen molar-refractivity contribution in [2.75, 3.05) is 7.11 Å². The summed E-state index contributed by atoms with van der Waals surface area (Å²) < 4.78 is 5.16. The molecule has 0 saturated heterocycles. The minimum absolute atomic E-state index is 0.556. The number of nitrogens with zero attached hydrogens (tertiary/aromatic N) is 1. The van der Waals surface area contributed by atoms with E-state index in [4.69, 9.17) is 10.5 Å². The topological polar surface area (TPSA) is 63.9 Å². The van der Waals surface area contributed by atoms with E-state index in [9.17, 15) is 0 Å². The molecule has 0 unspecified atom stereocenters. The van der Waals surface area contributed by atoms with Crippen molar-refractivity contribution in [3.8, 4) is 28.3 Å². The fourth-order valence-electron chi connectivity index (χ4n) is 2.20. The third-order valence-electron chi connectivity index (χ3n) is 3.46. The van der Waals surface area contributed by atoms with Gasteiger partial charge in [-0.15, -0.1) is 0 Å². The summed E-state index contributed by atoms with van der Waals surface area (Å²) in [6, 6.07) is 18.1. The summed E-state index contributed by atoms with van der Waals surface area (Å²) in [5.74, 6) is 0.840. The lowest BCUT2D eigenvalue weighted by atomic mass is 10.1. The summed E-state index contributed by atoms with van der Waals surface area (Å²) in [6.45, 7) is 0.556. The summed E-state index contributed by atoms with van der Waals surface area (Å²) in [5.41, 5.74) is 10.8. The summed E-state index contributed by atoms with van der Waals surface area (Å²) in [6.07, 6.45) is 0. The predicted octanol–water partition coefficient (Wildman–Crippen LogP) is 3.21. The van der Waals surface area contributed by atoms with Gasteiger partial charge in [-0.1, -0.05) is 24.3 Å². The number of ether oxygens (including phenoxy) is 1. The number of benzene rings is 2. The highest BCUT2D eigenvalue weighted by Gasteiger charge is 2.06. The van der Waals surface area contributed by atoms with Gasteiger partial charge in [0.25, 0.3) is 0 Å². The third kappa shape index (κ3) is 2.80. The van der Waals surface area contributed by atoms with E-state index in [2.05, 4.69) is 10.2 Å². The molecule has 0 fully saturated rings. The predicted molar refractivity (Wildman–Crippen MR) is 83.9 cm³/mol. The van der Waals surface area contributed by atoms with Crippen LogP contribution in [-0.4, -0.2) is 17.3 Å². The van der Waals surface area contributed by atoms with Crippen molar-refractivity contribution in [2.45, 2.75) is 6.54 Å². The molecule has 3 N–H and O–H groups in total. The second kappa shape index (κ2) is 5.81. The first-order valence-electron chi connectivity index (χ1n) is 6.79. The number of hydrogen-bond donors (Lipinski definition) is 2. The monoisotopic (exact) mass is 279 g/mol. The van der Waals surface area contributed by atoms with Crippen LogP contribution < -0.4 is 10.5 Å². The first-order chi connectivity index (χ1) is 10.3. The molecule has 1 heterocycles. The van der Waals surface area contributed by atoms with Gasteiger partial charge in [0.2, 0.25) is 0 Å². The van der Waals surface area contributed by atoms with Gasteiger partial charge in [0, 0.05) is 12.1 Å². The molecule has 3 aromatic rings. The maximum Gasteiger partial charge on any atom is 0.118 e. The first kappa shape index (κ1) is 13.4. The van der Waals surface area contributed by atoms with Crippen molar-refractivity contribution >= 4 is 0 Å². The van der Waals surface area contributed by atoms with E-state index >= 15 is 0 Å². The second-order valence-electron chi connectivity index (χ2n) is 4.80. The quantitative estimate of drug-likeness (QED) is 0.770. The molecule has 0 aliphatic carbocycles. The molecular weight excluding hydrogens is 262 g/mol. The number of nitrogens with one attached hydrogen (secondary N) is 1. The van der Waals surface area contributed by atoms with E-state index in [1.165, 1.54) is 0 Å². The molecule has 4 nitrogen and oxygen atoms in total. The molecule has 4 heteroatoms. The molecule has 3 rings (SSSR count). The average Bonchev–Trinajstić information content (AvgIpc) is 3.05. The Morgan fingerprint density at radius 3 is 2.29 bits per heavy atom. The van der Waals surface area contributed by atoms with Gasteiger partial charge in [-0.3, -0.25) is 5.10 Å². The van der Waals surface area contributed by atoms with Gasteiger partial charge < -0.3 is 10.5 Å². The molecule has 0 aliphatic heterocycles. The molecule has 0 radical (unpaired) electrons. The van der Waals surface area contributed by atoms with Crippen LogP contribution in [0.4, 0.5) is 0 Å². The van der Waals surface area contributed by atoms with E-state index in [-0.39, 0.29) is 0 Å². The minimum Gasteiger partial charge on any atom is -0.497 e. The summed E-state index contributed by atoms with van der Waals surface area (Å²) >= 11 is 0. The van der Waals surface area contributed by atoms with Crippen molar-refractivity contribution in [1.29, 1.82) is 0 Å². The van der Waals surface area contributed by atoms with Crippen LogP contribution >= 0.6 is 0 Å². The van der Waals surface area contributed by atoms with Gasteiger partial charge in [-0.2, -0.15) is 5.10 Å². The molecule has 0 atom stereocenters. The maximum absolute atomic E-state index is 5.61. The normalized spacial score (nSPS) is 10.6. The lowest BCUT2D eigenvalue weighted by Crippen LogP contribution is -1.95. The van der Waals surface area contributed by atoms with Crippen molar-refractivity contribution in [3.05, 3.63) is 60.2 Å². The van der Waals surface area contributed by atoms with Crippen LogP contribution in [0.5, 0.6) is 5.75 Å². The Morgan fingerprint density at radius 1 is 1.00 bits per heavy atom. The zero-order valence-electron chi connectivity index (χ0n) is 11.8. The van der Waals surface area contributed by atoms with E-state index < -0.39 is 0 Å². The van der Waals surface area contributed by atoms with Crippen LogP contribution in [0, 0.1) is 0 Å². The highest BCUT2D eigenvalue weighted by molar-refractivity contribution is 5.68. The molecular formula is C17H17N3O. The number of nitrogens with two attached hydrogens (primary N) is 1. The number of H-pyrrole nitrogens is 1. The van der Waals surface area contributed by atoms with Crippen molar-refractivity contribution in [2.24, 2.45) is 5.73 Å². The number of methoxy groups -OCH3 is 1. The van der Waals surface area contributed by atoms with Gasteiger partial charge in [0.15, 0.2) is 0 Å². The Balaban J connectivity index is 1.87. The van der Waals surface area contributed by atoms with Crippen LogP contribution in [0.25, 0.3) is 22.5 Å². The summed E-state index contributed by atoms with van der Waals surface area (Å²) in [5, 5.41) is 7.44. The average molecular weight is 279 g/mol. The molecule has 0 spiro atoms. The van der Waals surface area contributed by atoms with Gasteiger partial charge in [0.1, 0.15) is 5.75 Å². The van der Waals surface area contributed by atoms with Gasteiger partial charge in [0.05, 0.1) is 18.5 Å². The zero-order chi connectivity index (χ0) is 14.7. The molecule has 21 heavy (non-hydrogen) atoms. The molecule has 106 valence electrons. The molecule has 1 aromatic heterocycles. The highest BCUT2D eigenvalue weighted by atomic mass is 16.5. The van der Waals surface area contributed by atoms with E-state index in [1.807, 2.05) is 54.6 Å². The van der Waals surface area contributed by atoms with Crippen LogP contribution in [0.15, 0.2) is 54.6 Å². The van der Waals surface area contributed by atoms with Gasteiger partial charge in [-0.25, -0.2) is 0 Å². The Labute approximate surface area is 123 Å². The fraction of sp³-hybridized carbons (Fsp3) is 0.118. The van der Waals surface area contributed by atoms with E-state index in [0.717, 1.165) is 33.8 Å². The van der Waals surface area contributed by atoms with Crippen molar-refractivity contribution < 1.29 is 4.74 Å². The van der Waals surface area contributed by atoms with Gasteiger partial charge >= 0.3 is 0 Å². The minimum atomic E-state index is 0.556.